The molecule has 2 aliphatic rings. The second-order valence-electron chi connectivity index (χ2n) is 6.13. The predicted molar refractivity (Wildman–Crippen MR) is 76.0 cm³/mol. The van der Waals surface area contributed by atoms with Crippen LogP contribution >= 0.6 is 0 Å². The molecule has 0 aromatic carbocycles. The van der Waals surface area contributed by atoms with Gasteiger partial charge in [0.1, 0.15) is 0 Å². The molecule has 3 nitrogen and oxygen atoms in total. The van der Waals surface area contributed by atoms with Gasteiger partial charge in [-0.1, -0.05) is 0 Å². The highest BCUT2D eigenvalue weighted by Gasteiger charge is 2.44. The summed E-state index contributed by atoms with van der Waals surface area (Å²) in [5, 5.41) is 3.52. The molecule has 0 radical (unpaired) electrons. The Kier molecular flexibility index (Phi) is 3.59. The first-order valence-corrected chi connectivity index (χ1v) is 7.46. The van der Waals surface area contributed by atoms with Gasteiger partial charge in [0.25, 0.3) is 0 Å². The Labute approximate surface area is 115 Å². The van der Waals surface area contributed by atoms with Gasteiger partial charge in [-0.25, -0.2) is 0 Å². The quantitative estimate of drug-likeness (QED) is 0.907. The van der Waals surface area contributed by atoms with Gasteiger partial charge in [0.2, 0.25) is 0 Å². The molecular formula is C16H24N2O. The van der Waals surface area contributed by atoms with Crippen LogP contribution in [0.2, 0.25) is 0 Å². The topological polar surface area (TPSA) is 34.2 Å². The number of nitrogens with one attached hydrogen (secondary N) is 1. The highest BCUT2D eigenvalue weighted by Crippen LogP contribution is 2.47. The molecule has 1 aromatic rings. The molecule has 1 N–H and O–H groups in total. The average molecular weight is 260 g/mol. The van der Waals surface area contributed by atoms with Crippen molar-refractivity contribution in [2.45, 2.75) is 50.7 Å². The number of ether oxygens (including phenoxy) is 1. The molecule has 3 rings (SSSR count). The zero-order valence-electron chi connectivity index (χ0n) is 12.0. The van der Waals surface area contributed by atoms with Crippen LogP contribution in [0.4, 0.5) is 0 Å². The summed E-state index contributed by atoms with van der Waals surface area (Å²) >= 11 is 0. The normalized spacial score (nSPS) is 26.9. The van der Waals surface area contributed by atoms with Crippen LogP contribution in [0.15, 0.2) is 18.3 Å². The first-order valence-electron chi connectivity index (χ1n) is 7.46. The van der Waals surface area contributed by atoms with E-state index in [0.29, 0.717) is 12.0 Å². The van der Waals surface area contributed by atoms with Crippen LogP contribution in [0, 0.1) is 12.8 Å². The van der Waals surface area contributed by atoms with Crippen LogP contribution in [0.5, 0.6) is 0 Å². The van der Waals surface area contributed by atoms with E-state index in [4.69, 9.17) is 4.74 Å². The lowest BCUT2D eigenvalue weighted by Gasteiger charge is -2.48. The molecule has 1 aliphatic heterocycles. The highest BCUT2D eigenvalue weighted by atomic mass is 16.5. The number of aromatic nitrogens is 1. The summed E-state index contributed by atoms with van der Waals surface area (Å²) in [5.74, 6) is 0.681. The second kappa shape index (κ2) is 5.22. The predicted octanol–water partition coefficient (Wildman–Crippen LogP) is 3.00. The van der Waals surface area contributed by atoms with E-state index in [1.807, 2.05) is 6.20 Å². The van der Waals surface area contributed by atoms with Gasteiger partial charge in [-0.2, -0.15) is 0 Å². The number of rotatable bonds is 3. The molecule has 2 heterocycles. The molecular weight excluding hydrogens is 236 g/mol. The van der Waals surface area contributed by atoms with E-state index in [1.165, 1.54) is 31.2 Å². The van der Waals surface area contributed by atoms with Crippen LogP contribution in [-0.2, 0) is 4.74 Å². The van der Waals surface area contributed by atoms with Crippen molar-refractivity contribution in [3.8, 4) is 0 Å². The molecule has 1 spiro atoms. The van der Waals surface area contributed by atoms with Crippen molar-refractivity contribution in [1.82, 2.24) is 10.3 Å². The van der Waals surface area contributed by atoms with Gasteiger partial charge in [-0.15, -0.1) is 0 Å². The summed E-state index contributed by atoms with van der Waals surface area (Å²) < 4.78 is 6.05. The first-order chi connectivity index (χ1) is 9.22. The zero-order chi connectivity index (χ0) is 13.3. The van der Waals surface area contributed by atoms with E-state index < -0.39 is 0 Å². The molecule has 0 amide bonds. The summed E-state index contributed by atoms with van der Waals surface area (Å²) in [6.45, 7) is 2.99. The number of pyridine rings is 1. The Bertz CT molecular complexity index is 442. The number of aryl methyl sites for hydroxylation is 1. The highest BCUT2D eigenvalue weighted by molar-refractivity contribution is 5.21. The van der Waals surface area contributed by atoms with Crippen molar-refractivity contribution in [3.05, 3.63) is 29.6 Å². The summed E-state index contributed by atoms with van der Waals surface area (Å²) in [6.07, 6.45) is 8.15. The molecule has 3 heteroatoms. The van der Waals surface area contributed by atoms with E-state index in [9.17, 15) is 0 Å². The van der Waals surface area contributed by atoms with Crippen LogP contribution < -0.4 is 5.32 Å². The molecule has 2 fully saturated rings. The fourth-order valence-corrected chi connectivity index (χ4v) is 3.71. The van der Waals surface area contributed by atoms with Gasteiger partial charge in [0, 0.05) is 24.5 Å². The van der Waals surface area contributed by atoms with Crippen molar-refractivity contribution in [3.63, 3.8) is 0 Å². The van der Waals surface area contributed by atoms with E-state index in [2.05, 4.69) is 36.4 Å². The van der Waals surface area contributed by atoms with Gasteiger partial charge in [0.05, 0.1) is 5.60 Å². The summed E-state index contributed by atoms with van der Waals surface area (Å²) in [4.78, 5) is 4.31. The van der Waals surface area contributed by atoms with E-state index in [1.54, 1.807) is 0 Å². The zero-order valence-corrected chi connectivity index (χ0v) is 12.0. The minimum Gasteiger partial charge on any atom is -0.375 e. The molecule has 104 valence electrons. The lowest BCUT2D eigenvalue weighted by molar-refractivity contribution is -0.147. The Morgan fingerprint density at radius 2 is 2.32 bits per heavy atom. The van der Waals surface area contributed by atoms with Crippen molar-refractivity contribution >= 4 is 0 Å². The van der Waals surface area contributed by atoms with Gasteiger partial charge < -0.3 is 10.1 Å². The molecule has 1 saturated carbocycles. The number of hydrogen-bond acceptors (Lipinski definition) is 3. The van der Waals surface area contributed by atoms with E-state index >= 15 is 0 Å². The van der Waals surface area contributed by atoms with E-state index in [-0.39, 0.29) is 5.60 Å². The molecule has 0 bridgehead atoms. The molecule has 2 atom stereocenters. The largest absolute Gasteiger partial charge is 0.375 e. The van der Waals surface area contributed by atoms with Crippen molar-refractivity contribution < 1.29 is 4.74 Å². The fourth-order valence-electron chi connectivity index (χ4n) is 3.71. The summed E-state index contributed by atoms with van der Waals surface area (Å²) in [6, 6.07) is 4.80. The Balaban J connectivity index is 1.78. The van der Waals surface area contributed by atoms with Crippen molar-refractivity contribution in [1.29, 1.82) is 0 Å². The first kappa shape index (κ1) is 13.1. The van der Waals surface area contributed by atoms with Crippen LogP contribution in [0.25, 0.3) is 0 Å². The Morgan fingerprint density at radius 1 is 1.47 bits per heavy atom. The smallest absolute Gasteiger partial charge is 0.0686 e. The maximum Gasteiger partial charge on any atom is 0.0686 e. The average Bonchev–Trinajstić information content (AvgIpc) is 2.38. The SMILES string of the molecule is CNC(c1ccnc(C)c1)C1CCOC2(CCC2)C1. The Hall–Kier alpha value is -0.930. The van der Waals surface area contributed by atoms with Gasteiger partial charge in [-0.05, 0) is 69.7 Å². The third kappa shape index (κ3) is 2.54. The van der Waals surface area contributed by atoms with Crippen molar-refractivity contribution in [2.75, 3.05) is 13.7 Å². The maximum absolute atomic E-state index is 6.05. The lowest BCUT2D eigenvalue weighted by atomic mass is 9.69. The number of nitrogens with zero attached hydrogens (tertiary/aromatic N) is 1. The molecule has 1 aromatic heterocycles. The van der Waals surface area contributed by atoms with Gasteiger partial charge >= 0.3 is 0 Å². The van der Waals surface area contributed by atoms with Crippen molar-refractivity contribution in [2.24, 2.45) is 5.92 Å². The molecule has 1 saturated heterocycles. The van der Waals surface area contributed by atoms with Crippen LogP contribution in [-0.4, -0.2) is 24.2 Å². The summed E-state index contributed by atoms with van der Waals surface area (Å²) in [7, 11) is 2.07. The molecule has 1 aliphatic carbocycles. The fraction of sp³-hybridized carbons (Fsp3) is 0.688. The monoisotopic (exact) mass is 260 g/mol. The van der Waals surface area contributed by atoms with Crippen LogP contribution in [0.3, 0.4) is 0 Å². The molecule has 19 heavy (non-hydrogen) atoms. The molecule has 2 unspecified atom stereocenters. The third-order valence-corrected chi connectivity index (χ3v) is 4.86. The third-order valence-electron chi connectivity index (χ3n) is 4.86. The van der Waals surface area contributed by atoms with E-state index in [0.717, 1.165) is 18.7 Å². The van der Waals surface area contributed by atoms with Gasteiger partial charge in [-0.3, -0.25) is 4.98 Å². The maximum atomic E-state index is 6.05. The lowest BCUT2D eigenvalue weighted by Crippen LogP contribution is -2.47. The summed E-state index contributed by atoms with van der Waals surface area (Å²) in [5.41, 5.74) is 2.69. The Morgan fingerprint density at radius 3 is 2.95 bits per heavy atom. The minimum atomic E-state index is 0.222. The standard InChI is InChI=1S/C16H24N2O/c1-12-10-13(4-8-18-12)15(17-2)14-5-9-19-16(11-14)6-3-7-16/h4,8,10,14-15,17H,3,5-7,9,11H2,1-2H3. The van der Waals surface area contributed by atoms with Crippen LogP contribution in [0.1, 0.15) is 49.4 Å². The second-order valence-corrected chi connectivity index (χ2v) is 6.13. The number of hydrogen-bond donors (Lipinski definition) is 1. The van der Waals surface area contributed by atoms with Gasteiger partial charge in [0.15, 0.2) is 0 Å². The minimum absolute atomic E-state index is 0.222.